The number of nitrogens with two attached hydrogens (primary N) is 1. The van der Waals surface area contributed by atoms with Gasteiger partial charge in [-0.25, -0.2) is 0 Å². The summed E-state index contributed by atoms with van der Waals surface area (Å²) < 4.78 is 0. The molecule has 0 aliphatic heterocycles. The Hall–Kier alpha value is 0.310. The van der Waals surface area contributed by atoms with Crippen molar-refractivity contribution in [2.24, 2.45) is 11.7 Å². The minimum atomic E-state index is 0.757. The monoisotopic (exact) mass is 187 g/mol. The first-order valence-corrected chi connectivity index (χ1v) is 6.25. The highest BCUT2D eigenvalue weighted by molar-refractivity contribution is 7.99. The lowest BCUT2D eigenvalue weighted by Crippen LogP contribution is -2.24. The zero-order chi connectivity index (χ0) is 8.81. The lowest BCUT2D eigenvalue weighted by atomic mass is 10.0. The van der Waals surface area contributed by atoms with Crippen LogP contribution in [0.1, 0.15) is 39.0 Å². The maximum absolute atomic E-state index is 5.77. The van der Waals surface area contributed by atoms with E-state index in [4.69, 9.17) is 5.73 Å². The van der Waals surface area contributed by atoms with Gasteiger partial charge in [-0.3, -0.25) is 0 Å². The fraction of sp³-hybridized carbons (Fsp3) is 1.00. The van der Waals surface area contributed by atoms with Gasteiger partial charge in [0.1, 0.15) is 0 Å². The van der Waals surface area contributed by atoms with Crippen LogP contribution in [0.15, 0.2) is 0 Å². The lowest BCUT2D eigenvalue weighted by Gasteiger charge is -2.20. The molecule has 0 radical (unpaired) electrons. The fourth-order valence-electron chi connectivity index (χ4n) is 1.99. The predicted molar refractivity (Wildman–Crippen MR) is 57.5 cm³/mol. The van der Waals surface area contributed by atoms with E-state index in [9.17, 15) is 0 Å². The van der Waals surface area contributed by atoms with Crippen LogP contribution in [0.3, 0.4) is 0 Å². The van der Waals surface area contributed by atoms with Gasteiger partial charge in [-0.15, -0.1) is 0 Å². The van der Waals surface area contributed by atoms with Crippen molar-refractivity contribution >= 4 is 11.8 Å². The molecule has 1 rings (SSSR count). The molecule has 1 nitrogen and oxygen atoms in total. The van der Waals surface area contributed by atoms with Crippen LogP contribution in [-0.4, -0.2) is 17.5 Å². The Bertz CT molecular complexity index is 110. The Morgan fingerprint density at radius 3 is 2.58 bits per heavy atom. The van der Waals surface area contributed by atoms with Gasteiger partial charge >= 0.3 is 0 Å². The summed E-state index contributed by atoms with van der Waals surface area (Å²) in [6.07, 6.45) is 7.02. The van der Waals surface area contributed by atoms with E-state index < -0.39 is 0 Å². The molecule has 0 heterocycles. The molecule has 72 valence electrons. The SMILES string of the molecule is CCCSC(CN)C1CCCC1. The highest BCUT2D eigenvalue weighted by Crippen LogP contribution is 2.33. The molecular formula is C10H21NS. The van der Waals surface area contributed by atoms with E-state index in [1.54, 1.807) is 0 Å². The smallest absolute Gasteiger partial charge is 0.0198 e. The third-order valence-corrected chi connectivity index (χ3v) is 4.34. The molecular weight excluding hydrogens is 166 g/mol. The van der Waals surface area contributed by atoms with Crippen molar-refractivity contribution in [1.82, 2.24) is 0 Å². The second-order valence-corrected chi connectivity index (χ2v) is 5.04. The second kappa shape index (κ2) is 5.87. The Labute approximate surface area is 80.5 Å². The molecule has 0 aromatic rings. The van der Waals surface area contributed by atoms with Gasteiger partial charge in [0.05, 0.1) is 0 Å². The fourth-order valence-corrected chi connectivity index (χ4v) is 3.21. The predicted octanol–water partition coefficient (Wildman–Crippen LogP) is 2.65. The van der Waals surface area contributed by atoms with Crippen molar-refractivity contribution < 1.29 is 0 Å². The van der Waals surface area contributed by atoms with Crippen LogP contribution in [0.5, 0.6) is 0 Å². The molecule has 1 unspecified atom stereocenters. The molecule has 0 saturated heterocycles. The van der Waals surface area contributed by atoms with Crippen LogP contribution >= 0.6 is 11.8 Å². The molecule has 1 aliphatic rings. The van der Waals surface area contributed by atoms with Crippen LogP contribution in [0.2, 0.25) is 0 Å². The van der Waals surface area contributed by atoms with Crippen molar-refractivity contribution in [1.29, 1.82) is 0 Å². The Morgan fingerprint density at radius 2 is 2.08 bits per heavy atom. The van der Waals surface area contributed by atoms with Gasteiger partial charge in [0.2, 0.25) is 0 Å². The summed E-state index contributed by atoms with van der Waals surface area (Å²) in [7, 11) is 0. The molecule has 2 N–H and O–H groups in total. The molecule has 0 amide bonds. The van der Waals surface area contributed by atoms with Gasteiger partial charge in [-0.2, -0.15) is 11.8 Å². The first-order chi connectivity index (χ1) is 5.88. The lowest BCUT2D eigenvalue weighted by molar-refractivity contribution is 0.525. The van der Waals surface area contributed by atoms with Crippen molar-refractivity contribution in [2.45, 2.75) is 44.3 Å². The van der Waals surface area contributed by atoms with E-state index in [2.05, 4.69) is 18.7 Å². The minimum absolute atomic E-state index is 0.757. The van der Waals surface area contributed by atoms with Crippen molar-refractivity contribution in [3.8, 4) is 0 Å². The topological polar surface area (TPSA) is 26.0 Å². The first kappa shape index (κ1) is 10.4. The molecule has 1 atom stereocenters. The quantitative estimate of drug-likeness (QED) is 0.716. The zero-order valence-electron chi connectivity index (χ0n) is 8.09. The van der Waals surface area contributed by atoms with E-state index in [0.29, 0.717) is 0 Å². The molecule has 0 bridgehead atoms. The normalized spacial score (nSPS) is 21.5. The summed E-state index contributed by atoms with van der Waals surface area (Å²) in [5.41, 5.74) is 5.77. The summed E-state index contributed by atoms with van der Waals surface area (Å²) in [6, 6.07) is 0. The molecule has 12 heavy (non-hydrogen) atoms. The number of hydrogen-bond donors (Lipinski definition) is 1. The molecule has 0 spiro atoms. The molecule has 0 aromatic heterocycles. The molecule has 0 aromatic carbocycles. The minimum Gasteiger partial charge on any atom is -0.329 e. The maximum Gasteiger partial charge on any atom is 0.0198 e. The van der Waals surface area contributed by atoms with Crippen molar-refractivity contribution in [2.75, 3.05) is 12.3 Å². The standard InChI is InChI=1S/C10H21NS/c1-2-7-12-10(8-11)9-5-3-4-6-9/h9-10H,2-8,11H2,1H3. The largest absolute Gasteiger partial charge is 0.329 e. The van der Waals surface area contributed by atoms with Crippen LogP contribution in [0.25, 0.3) is 0 Å². The molecule has 1 aliphatic carbocycles. The Kier molecular flexibility index (Phi) is 5.08. The molecule has 2 heteroatoms. The summed E-state index contributed by atoms with van der Waals surface area (Å²) in [5.74, 6) is 2.23. The van der Waals surface area contributed by atoms with E-state index in [-0.39, 0.29) is 0 Å². The summed E-state index contributed by atoms with van der Waals surface area (Å²) in [4.78, 5) is 0. The van der Waals surface area contributed by atoms with Crippen LogP contribution in [0.4, 0.5) is 0 Å². The summed E-state index contributed by atoms with van der Waals surface area (Å²) in [5, 5.41) is 0.757. The van der Waals surface area contributed by atoms with Gasteiger partial charge in [0, 0.05) is 11.8 Å². The van der Waals surface area contributed by atoms with Crippen LogP contribution in [-0.2, 0) is 0 Å². The number of hydrogen-bond acceptors (Lipinski definition) is 2. The van der Waals surface area contributed by atoms with Gasteiger partial charge in [-0.1, -0.05) is 19.8 Å². The average Bonchev–Trinajstić information content (AvgIpc) is 2.59. The summed E-state index contributed by atoms with van der Waals surface area (Å²) >= 11 is 2.09. The van der Waals surface area contributed by atoms with Gasteiger partial charge in [0.15, 0.2) is 0 Å². The second-order valence-electron chi connectivity index (χ2n) is 3.69. The third-order valence-electron chi connectivity index (χ3n) is 2.69. The van der Waals surface area contributed by atoms with E-state index in [1.807, 2.05) is 0 Å². The van der Waals surface area contributed by atoms with Gasteiger partial charge in [0.25, 0.3) is 0 Å². The highest BCUT2D eigenvalue weighted by atomic mass is 32.2. The summed E-state index contributed by atoms with van der Waals surface area (Å²) in [6.45, 7) is 3.13. The van der Waals surface area contributed by atoms with Crippen molar-refractivity contribution in [3.05, 3.63) is 0 Å². The van der Waals surface area contributed by atoms with E-state index in [0.717, 1.165) is 17.7 Å². The molecule has 1 fully saturated rings. The average molecular weight is 187 g/mol. The Balaban J connectivity index is 2.22. The molecule has 1 saturated carbocycles. The van der Waals surface area contributed by atoms with Crippen LogP contribution < -0.4 is 5.73 Å². The number of thioether (sulfide) groups is 1. The van der Waals surface area contributed by atoms with E-state index >= 15 is 0 Å². The third kappa shape index (κ3) is 2.98. The number of rotatable bonds is 5. The van der Waals surface area contributed by atoms with Gasteiger partial charge in [-0.05, 0) is 30.9 Å². The maximum atomic E-state index is 5.77. The van der Waals surface area contributed by atoms with Gasteiger partial charge < -0.3 is 5.73 Å². The van der Waals surface area contributed by atoms with E-state index in [1.165, 1.54) is 37.9 Å². The highest BCUT2D eigenvalue weighted by Gasteiger charge is 2.23. The zero-order valence-corrected chi connectivity index (χ0v) is 8.91. The first-order valence-electron chi connectivity index (χ1n) is 5.20. The Morgan fingerprint density at radius 1 is 1.42 bits per heavy atom. The van der Waals surface area contributed by atoms with Crippen LogP contribution in [0, 0.1) is 5.92 Å². The van der Waals surface area contributed by atoms with Crippen molar-refractivity contribution in [3.63, 3.8) is 0 Å².